The van der Waals surface area contributed by atoms with Crippen molar-refractivity contribution >= 4 is 11.8 Å². The first-order chi connectivity index (χ1) is 7.63. The van der Waals surface area contributed by atoms with Gasteiger partial charge in [-0.15, -0.1) is 12.3 Å². The fraction of sp³-hybridized carbons (Fsp3) is 0.636. The third-order valence-corrected chi connectivity index (χ3v) is 3.19. The average Bonchev–Trinajstić information content (AvgIpc) is 2.66. The van der Waals surface area contributed by atoms with Gasteiger partial charge < -0.3 is 10.3 Å². The molecule has 0 spiro atoms. The van der Waals surface area contributed by atoms with Crippen LogP contribution >= 0.6 is 11.8 Å². The van der Waals surface area contributed by atoms with Gasteiger partial charge in [0.1, 0.15) is 0 Å². The van der Waals surface area contributed by atoms with E-state index in [1.165, 1.54) is 0 Å². The molecule has 2 N–H and O–H groups in total. The highest BCUT2D eigenvalue weighted by molar-refractivity contribution is 7.98. The maximum Gasteiger partial charge on any atom is 0.244 e. The smallest absolute Gasteiger partial charge is 0.244 e. The van der Waals surface area contributed by atoms with E-state index in [0.29, 0.717) is 24.1 Å². The second-order valence-corrected chi connectivity index (χ2v) is 5.00. The standard InChI is InChI=1S/C11H17N3OS/c1-4-5-9(12)11-13-10(14-15-11)7-16-6-8(2)3/h1,8-9H,5-7,12H2,2-3H3. The molecule has 1 rings (SSSR count). The summed E-state index contributed by atoms with van der Waals surface area (Å²) in [5.74, 6) is 6.10. The van der Waals surface area contributed by atoms with Gasteiger partial charge in [-0.1, -0.05) is 19.0 Å². The summed E-state index contributed by atoms with van der Waals surface area (Å²) in [5, 5.41) is 3.86. The SMILES string of the molecule is C#CCC(N)c1nc(CSCC(C)C)no1. The minimum Gasteiger partial charge on any atom is -0.338 e. The van der Waals surface area contributed by atoms with Crippen molar-refractivity contribution in [3.63, 3.8) is 0 Å². The zero-order valence-electron chi connectivity index (χ0n) is 9.64. The third kappa shape index (κ3) is 4.25. The normalized spacial score (nSPS) is 12.7. The van der Waals surface area contributed by atoms with Crippen molar-refractivity contribution in [2.75, 3.05) is 5.75 Å². The van der Waals surface area contributed by atoms with Gasteiger partial charge in [-0.25, -0.2) is 0 Å². The first-order valence-corrected chi connectivity index (χ1v) is 6.38. The van der Waals surface area contributed by atoms with Gasteiger partial charge in [-0.3, -0.25) is 0 Å². The molecule has 1 aromatic heterocycles. The lowest BCUT2D eigenvalue weighted by molar-refractivity contribution is 0.353. The summed E-state index contributed by atoms with van der Waals surface area (Å²) < 4.78 is 5.04. The van der Waals surface area contributed by atoms with Gasteiger partial charge in [0.2, 0.25) is 5.89 Å². The molecule has 0 aliphatic carbocycles. The predicted octanol–water partition coefficient (Wildman–Crippen LogP) is 1.98. The molecule has 0 radical (unpaired) electrons. The van der Waals surface area contributed by atoms with Crippen LogP contribution in [0.25, 0.3) is 0 Å². The second-order valence-electron chi connectivity index (χ2n) is 3.97. The van der Waals surface area contributed by atoms with E-state index in [2.05, 4.69) is 29.9 Å². The zero-order chi connectivity index (χ0) is 12.0. The summed E-state index contributed by atoms with van der Waals surface area (Å²) in [5.41, 5.74) is 5.75. The second kappa shape index (κ2) is 6.56. The van der Waals surface area contributed by atoms with Crippen molar-refractivity contribution < 1.29 is 4.52 Å². The van der Waals surface area contributed by atoms with Gasteiger partial charge in [0.15, 0.2) is 5.82 Å². The maximum atomic E-state index is 5.75. The highest BCUT2D eigenvalue weighted by atomic mass is 32.2. The van der Waals surface area contributed by atoms with Crippen molar-refractivity contribution in [1.29, 1.82) is 0 Å². The van der Waals surface area contributed by atoms with Crippen LogP contribution < -0.4 is 5.73 Å². The quantitative estimate of drug-likeness (QED) is 0.769. The number of rotatable bonds is 6. The van der Waals surface area contributed by atoms with Crippen molar-refractivity contribution in [2.24, 2.45) is 11.7 Å². The summed E-state index contributed by atoms with van der Waals surface area (Å²) in [6.07, 6.45) is 5.58. The van der Waals surface area contributed by atoms with E-state index in [1.807, 2.05) is 0 Å². The number of thioether (sulfide) groups is 1. The third-order valence-electron chi connectivity index (χ3n) is 1.82. The van der Waals surface area contributed by atoms with E-state index in [1.54, 1.807) is 11.8 Å². The van der Waals surface area contributed by atoms with Gasteiger partial charge in [-0.05, 0) is 11.7 Å². The Morgan fingerprint density at radius 3 is 2.94 bits per heavy atom. The first kappa shape index (κ1) is 13.1. The molecule has 5 heteroatoms. The Morgan fingerprint density at radius 1 is 1.56 bits per heavy atom. The van der Waals surface area contributed by atoms with Crippen LogP contribution in [0, 0.1) is 18.3 Å². The monoisotopic (exact) mass is 239 g/mol. The number of terminal acetylenes is 1. The fourth-order valence-corrected chi connectivity index (χ4v) is 1.97. The minimum absolute atomic E-state index is 0.346. The number of nitrogens with zero attached hydrogens (tertiary/aromatic N) is 2. The molecule has 1 aromatic rings. The van der Waals surface area contributed by atoms with Crippen LogP contribution in [0.5, 0.6) is 0 Å². The van der Waals surface area contributed by atoms with E-state index in [-0.39, 0.29) is 6.04 Å². The summed E-state index contributed by atoms with van der Waals surface area (Å²) >= 11 is 1.79. The van der Waals surface area contributed by atoms with Gasteiger partial charge in [0.25, 0.3) is 0 Å². The number of nitrogens with two attached hydrogens (primary N) is 1. The molecule has 4 nitrogen and oxygen atoms in total. The largest absolute Gasteiger partial charge is 0.338 e. The molecule has 88 valence electrons. The van der Waals surface area contributed by atoms with Crippen LogP contribution in [-0.2, 0) is 5.75 Å². The Hall–Kier alpha value is -0.990. The van der Waals surface area contributed by atoms with E-state index in [0.717, 1.165) is 11.5 Å². The lowest BCUT2D eigenvalue weighted by Crippen LogP contribution is -2.09. The van der Waals surface area contributed by atoms with Crippen LogP contribution in [-0.4, -0.2) is 15.9 Å². The molecule has 0 aliphatic rings. The molecule has 16 heavy (non-hydrogen) atoms. The van der Waals surface area contributed by atoms with E-state index >= 15 is 0 Å². The van der Waals surface area contributed by atoms with Crippen molar-refractivity contribution in [1.82, 2.24) is 10.1 Å². The van der Waals surface area contributed by atoms with Crippen molar-refractivity contribution in [2.45, 2.75) is 32.1 Å². The van der Waals surface area contributed by atoms with Gasteiger partial charge >= 0.3 is 0 Å². The molecule has 1 unspecified atom stereocenters. The van der Waals surface area contributed by atoms with Crippen LogP contribution in [0.3, 0.4) is 0 Å². The molecule has 0 amide bonds. The molecule has 0 saturated heterocycles. The Labute approximate surface area is 100 Å². The van der Waals surface area contributed by atoms with E-state index in [9.17, 15) is 0 Å². The molecule has 0 saturated carbocycles. The lowest BCUT2D eigenvalue weighted by atomic mass is 10.2. The van der Waals surface area contributed by atoms with E-state index < -0.39 is 0 Å². The molecule has 0 aromatic carbocycles. The fourth-order valence-electron chi connectivity index (χ4n) is 1.08. The molecule has 1 heterocycles. The van der Waals surface area contributed by atoms with Crippen LogP contribution in [0.1, 0.15) is 38.0 Å². The predicted molar refractivity (Wildman–Crippen MR) is 65.7 cm³/mol. The highest BCUT2D eigenvalue weighted by Crippen LogP contribution is 2.16. The zero-order valence-corrected chi connectivity index (χ0v) is 10.5. The summed E-state index contributed by atoms with van der Waals surface area (Å²) in [4.78, 5) is 4.21. The highest BCUT2D eigenvalue weighted by Gasteiger charge is 2.13. The number of hydrogen-bond acceptors (Lipinski definition) is 5. The Balaban J connectivity index is 2.42. The lowest BCUT2D eigenvalue weighted by Gasteiger charge is -2.01. The van der Waals surface area contributed by atoms with Crippen LogP contribution in [0.4, 0.5) is 0 Å². The molecule has 0 bridgehead atoms. The number of aromatic nitrogens is 2. The van der Waals surface area contributed by atoms with Crippen molar-refractivity contribution in [3.8, 4) is 12.3 Å². The van der Waals surface area contributed by atoms with E-state index in [4.69, 9.17) is 16.7 Å². The van der Waals surface area contributed by atoms with Gasteiger partial charge in [-0.2, -0.15) is 16.7 Å². The molecular formula is C11H17N3OS. The Bertz CT molecular complexity index is 356. The van der Waals surface area contributed by atoms with Crippen LogP contribution in [0.2, 0.25) is 0 Å². The van der Waals surface area contributed by atoms with Crippen molar-refractivity contribution in [3.05, 3.63) is 11.7 Å². The Kier molecular flexibility index (Phi) is 5.36. The Morgan fingerprint density at radius 2 is 2.31 bits per heavy atom. The van der Waals surface area contributed by atoms with Crippen LogP contribution in [0.15, 0.2) is 4.52 Å². The molecular weight excluding hydrogens is 222 g/mol. The summed E-state index contributed by atoms with van der Waals surface area (Å²) in [7, 11) is 0. The first-order valence-electron chi connectivity index (χ1n) is 5.22. The summed E-state index contributed by atoms with van der Waals surface area (Å²) in [6, 6.07) is -0.346. The molecule has 0 fully saturated rings. The average molecular weight is 239 g/mol. The van der Waals surface area contributed by atoms with Gasteiger partial charge in [0.05, 0.1) is 11.8 Å². The maximum absolute atomic E-state index is 5.75. The minimum atomic E-state index is -0.346. The number of hydrogen-bond donors (Lipinski definition) is 1. The molecule has 1 atom stereocenters. The summed E-state index contributed by atoms with van der Waals surface area (Å²) in [6.45, 7) is 4.36. The van der Waals surface area contributed by atoms with Gasteiger partial charge in [0, 0.05) is 6.42 Å². The molecule has 0 aliphatic heterocycles. The topological polar surface area (TPSA) is 64.9 Å².